The maximum absolute atomic E-state index is 12.4. The molecule has 0 amide bonds. The molecule has 0 fully saturated rings. The number of anilines is 1. The average molecular weight is 323 g/mol. The van der Waals surface area contributed by atoms with Gasteiger partial charge < -0.3 is 0 Å². The van der Waals surface area contributed by atoms with Crippen LogP contribution < -0.4 is 4.72 Å². The smallest absolute Gasteiger partial charge is 0.263 e. The van der Waals surface area contributed by atoms with Gasteiger partial charge in [-0.15, -0.1) is 10.2 Å². The summed E-state index contributed by atoms with van der Waals surface area (Å²) in [5.74, 6) is 0.619. The lowest BCUT2D eigenvalue weighted by Crippen LogP contribution is -2.13. The van der Waals surface area contributed by atoms with E-state index < -0.39 is 10.0 Å². The van der Waals surface area contributed by atoms with E-state index in [2.05, 4.69) is 14.9 Å². The number of aromatic nitrogens is 3. The van der Waals surface area contributed by atoms with Gasteiger partial charge >= 0.3 is 0 Å². The van der Waals surface area contributed by atoms with Gasteiger partial charge in [0.05, 0.1) is 0 Å². The first-order valence-corrected chi connectivity index (χ1v) is 7.92. The van der Waals surface area contributed by atoms with Crippen LogP contribution in [0.2, 0.25) is 5.02 Å². The van der Waals surface area contributed by atoms with E-state index >= 15 is 0 Å². The highest BCUT2D eigenvalue weighted by Crippen LogP contribution is 2.19. The molecular formula is C13H11ClN4O2S. The van der Waals surface area contributed by atoms with Crippen molar-refractivity contribution in [3.63, 3.8) is 0 Å². The highest BCUT2D eigenvalue weighted by Gasteiger charge is 2.16. The van der Waals surface area contributed by atoms with Crippen LogP contribution >= 0.6 is 11.6 Å². The van der Waals surface area contributed by atoms with E-state index in [9.17, 15) is 8.42 Å². The highest BCUT2D eigenvalue weighted by atomic mass is 35.5. The van der Waals surface area contributed by atoms with Crippen molar-refractivity contribution in [1.82, 2.24) is 14.6 Å². The summed E-state index contributed by atoms with van der Waals surface area (Å²) < 4.78 is 28.8. The molecule has 1 aromatic carbocycles. The fraction of sp³-hybridized carbons (Fsp3) is 0.0769. The van der Waals surface area contributed by atoms with Gasteiger partial charge in [0.2, 0.25) is 0 Å². The van der Waals surface area contributed by atoms with Crippen LogP contribution in [0.25, 0.3) is 5.65 Å². The Balaban J connectivity index is 1.99. The number of sulfonamides is 1. The van der Waals surface area contributed by atoms with Crippen molar-refractivity contribution in [2.75, 3.05) is 4.72 Å². The molecule has 3 rings (SSSR count). The predicted octanol–water partition coefficient (Wildman–Crippen LogP) is 2.49. The van der Waals surface area contributed by atoms with E-state index in [1.807, 2.05) is 0 Å². The Hall–Kier alpha value is -2.12. The molecule has 6 nitrogen and oxygen atoms in total. The molecule has 0 aliphatic heterocycles. The summed E-state index contributed by atoms with van der Waals surface area (Å²) in [6.45, 7) is 1.75. The van der Waals surface area contributed by atoms with Crippen LogP contribution in [-0.2, 0) is 10.0 Å². The fourth-order valence-electron chi connectivity index (χ4n) is 1.88. The summed E-state index contributed by atoms with van der Waals surface area (Å²) in [6.07, 6.45) is 1.49. The number of nitrogens with zero attached hydrogens (tertiary/aromatic N) is 3. The second-order valence-corrected chi connectivity index (χ2v) is 6.57. The van der Waals surface area contributed by atoms with Crippen LogP contribution in [0.1, 0.15) is 5.82 Å². The van der Waals surface area contributed by atoms with Gasteiger partial charge in [0.15, 0.2) is 5.65 Å². The molecule has 0 saturated carbocycles. The molecule has 0 atom stereocenters. The third kappa shape index (κ3) is 2.70. The quantitative estimate of drug-likeness (QED) is 0.803. The van der Waals surface area contributed by atoms with Gasteiger partial charge in [0, 0.05) is 16.9 Å². The lowest BCUT2D eigenvalue weighted by Gasteiger charge is -2.08. The van der Waals surface area contributed by atoms with Crippen LogP contribution in [0.5, 0.6) is 0 Å². The van der Waals surface area contributed by atoms with Gasteiger partial charge in [-0.3, -0.25) is 9.12 Å². The lowest BCUT2D eigenvalue weighted by molar-refractivity contribution is 0.600. The number of fused-ring (bicyclic) bond motifs is 1. The SMILES string of the molecule is Cc1nnc2ccc(S(=O)(=O)Nc3ccc(Cl)cc3)cn12. The molecule has 0 spiro atoms. The van der Waals surface area contributed by atoms with Crippen molar-refractivity contribution < 1.29 is 8.42 Å². The Kier molecular flexibility index (Phi) is 3.30. The number of rotatable bonds is 3. The van der Waals surface area contributed by atoms with Crippen molar-refractivity contribution in [3.05, 3.63) is 53.4 Å². The minimum atomic E-state index is -3.68. The van der Waals surface area contributed by atoms with Gasteiger partial charge in [0.1, 0.15) is 10.7 Å². The standard InChI is InChI=1S/C13H11ClN4O2S/c1-9-15-16-13-7-6-12(8-18(9)13)21(19,20)17-11-4-2-10(14)3-5-11/h2-8,17H,1H3. The summed E-state index contributed by atoms with van der Waals surface area (Å²) >= 11 is 5.78. The molecule has 0 radical (unpaired) electrons. The fourth-order valence-corrected chi connectivity index (χ4v) is 3.06. The van der Waals surface area contributed by atoms with Crippen molar-refractivity contribution in [2.24, 2.45) is 0 Å². The minimum Gasteiger partial charge on any atom is -0.285 e. The van der Waals surface area contributed by atoms with Crippen molar-refractivity contribution >= 4 is 33.0 Å². The Morgan fingerprint density at radius 2 is 1.81 bits per heavy atom. The zero-order chi connectivity index (χ0) is 15.0. The number of hydrogen-bond acceptors (Lipinski definition) is 4. The number of nitrogens with one attached hydrogen (secondary N) is 1. The van der Waals surface area contributed by atoms with Gasteiger partial charge in [-0.05, 0) is 43.3 Å². The monoisotopic (exact) mass is 322 g/mol. The molecule has 0 bridgehead atoms. The van der Waals surface area contributed by atoms with Gasteiger partial charge in [-0.25, -0.2) is 8.42 Å². The maximum Gasteiger partial charge on any atom is 0.263 e. The molecule has 1 N–H and O–H groups in total. The predicted molar refractivity (Wildman–Crippen MR) is 80.0 cm³/mol. The second kappa shape index (κ2) is 5.01. The number of hydrogen-bond donors (Lipinski definition) is 1. The van der Waals surface area contributed by atoms with Crippen LogP contribution in [0.3, 0.4) is 0 Å². The third-order valence-electron chi connectivity index (χ3n) is 2.95. The van der Waals surface area contributed by atoms with E-state index in [-0.39, 0.29) is 4.90 Å². The maximum atomic E-state index is 12.4. The third-order valence-corrected chi connectivity index (χ3v) is 4.57. The molecule has 8 heteroatoms. The summed E-state index contributed by atoms with van der Waals surface area (Å²) in [5, 5.41) is 8.36. The number of halogens is 1. The summed E-state index contributed by atoms with van der Waals surface area (Å²) in [4.78, 5) is 0.132. The molecule has 3 aromatic rings. The van der Waals surface area contributed by atoms with E-state index in [4.69, 9.17) is 11.6 Å². The summed E-state index contributed by atoms with van der Waals surface area (Å²) in [7, 11) is -3.68. The first-order valence-electron chi connectivity index (χ1n) is 6.05. The molecule has 2 heterocycles. The second-order valence-electron chi connectivity index (χ2n) is 4.45. The number of benzene rings is 1. The van der Waals surface area contributed by atoms with E-state index in [0.29, 0.717) is 22.2 Å². The van der Waals surface area contributed by atoms with Gasteiger partial charge in [0.25, 0.3) is 10.0 Å². The molecule has 21 heavy (non-hydrogen) atoms. The normalized spacial score (nSPS) is 11.7. The molecule has 108 valence electrons. The largest absolute Gasteiger partial charge is 0.285 e. The van der Waals surface area contributed by atoms with Crippen molar-refractivity contribution in [3.8, 4) is 0 Å². The Labute approximate surface area is 126 Å². The average Bonchev–Trinajstić information content (AvgIpc) is 2.82. The molecule has 0 saturated heterocycles. The van der Waals surface area contributed by atoms with Gasteiger partial charge in [-0.2, -0.15) is 0 Å². The first kappa shape index (κ1) is 13.8. The van der Waals surface area contributed by atoms with E-state index in [1.54, 1.807) is 41.7 Å². The zero-order valence-electron chi connectivity index (χ0n) is 11.0. The minimum absolute atomic E-state index is 0.132. The topological polar surface area (TPSA) is 76.4 Å². The number of pyridine rings is 1. The summed E-state index contributed by atoms with van der Waals surface area (Å²) in [6, 6.07) is 9.53. The van der Waals surface area contributed by atoms with Gasteiger partial charge in [-0.1, -0.05) is 11.6 Å². The Morgan fingerprint density at radius 3 is 2.52 bits per heavy atom. The highest BCUT2D eigenvalue weighted by molar-refractivity contribution is 7.92. The molecule has 0 aliphatic carbocycles. The molecular weight excluding hydrogens is 312 g/mol. The van der Waals surface area contributed by atoms with Crippen LogP contribution in [0, 0.1) is 6.92 Å². The first-order chi connectivity index (χ1) is 9.95. The summed E-state index contributed by atoms with van der Waals surface area (Å²) in [5.41, 5.74) is 1.04. The Bertz CT molecular complexity index is 904. The Morgan fingerprint density at radius 1 is 1.10 bits per heavy atom. The van der Waals surface area contributed by atoms with Crippen LogP contribution in [0.15, 0.2) is 47.5 Å². The van der Waals surface area contributed by atoms with Crippen molar-refractivity contribution in [2.45, 2.75) is 11.8 Å². The molecule has 2 aromatic heterocycles. The number of aryl methyl sites for hydroxylation is 1. The van der Waals surface area contributed by atoms with E-state index in [1.165, 1.54) is 12.3 Å². The van der Waals surface area contributed by atoms with Crippen LogP contribution in [0.4, 0.5) is 5.69 Å². The zero-order valence-corrected chi connectivity index (χ0v) is 12.6. The lowest BCUT2D eigenvalue weighted by atomic mass is 10.3. The molecule has 0 unspecified atom stereocenters. The van der Waals surface area contributed by atoms with Crippen LogP contribution in [-0.4, -0.2) is 23.0 Å². The molecule has 0 aliphatic rings. The van der Waals surface area contributed by atoms with Crippen molar-refractivity contribution in [1.29, 1.82) is 0 Å². The van der Waals surface area contributed by atoms with E-state index in [0.717, 1.165) is 0 Å².